The molecule has 0 bridgehead atoms. The van der Waals surface area contributed by atoms with Crippen molar-refractivity contribution < 1.29 is 22.4 Å². The number of aryl methyl sites for hydroxylation is 1. The van der Waals surface area contributed by atoms with Crippen LogP contribution in [0.5, 0.6) is 0 Å². The van der Waals surface area contributed by atoms with Gasteiger partial charge in [0.15, 0.2) is 5.76 Å². The summed E-state index contributed by atoms with van der Waals surface area (Å²) in [6, 6.07) is 15.5. The van der Waals surface area contributed by atoms with Crippen molar-refractivity contribution >= 4 is 16.9 Å². The number of fused-ring (bicyclic) bond motifs is 1. The number of nitrogens with one attached hydrogen (secondary N) is 1. The van der Waals surface area contributed by atoms with Crippen molar-refractivity contribution in [2.75, 3.05) is 6.54 Å². The Kier molecular flexibility index (Phi) is 5.07. The number of aromatic nitrogens is 2. The van der Waals surface area contributed by atoms with E-state index in [9.17, 15) is 18.0 Å². The molecule has 4 rings (SSSR count). The van der Waals surface area contributed by atoms with Gasteiger partial charge in [0.2, 0.25) is 0 Å². The summed E-state index contributed by atoms with van der Waals surface area (Å²) >= 11 is 0. The molecule has 2 heterocycles. The second-order valence-electron chi connectivity index (χ2n) is 6.80. The molecule has 1 amide bonds. The van der Waals surface area contributed by atoms with Gasteiger partial charge in [0, 0.05) is 18.7 Å². The first-order chi connectivity index (χ1) is 14.3. The normalized spacial score (nSPS) is 11.7. The van der Waals surface area contributed by atoms with E-state index < -0.39 is 17.6 Å². The Bertz CT molecular complexity index is 1210. The summed E-state index contributed by atoms with van der Waals surface area (Å²) in [5.74, 6) is 0.642. The topological polar surface area (TPSA) is 60.1 Å². The van der Waals surface area contributed by atoms with Crippen LogP contribution in [0.1, 0.15) is 21.9 Å². The van der Waals surface area contributed by atoms with E-state index in [4.69, 9.17) is 4.42 Å². The first-order valence-electron chi connectivity index (χ1n) is 9.30. The maximum Gasteiger partial charge on any atom is 0.416 e. The Morgan fingerprint density at radius 2 is 1.90 bits per heavy atom. The lowest BCUT2D eigenvalue weighted by Crippen LogP contribution is -2.27. The zero-order chi connectivity index (χ0) is 21.3. The van der Waals surface area contributed by atoms with E-state index >= 15 is 0 Å². The van der Waals surface area contributed by atoms with Crippen LogP contribution in [0.25, 0.3) is 22.4 Å². The predicted molar refractivity (Wildman–Crippen MR) is 106 cm³/mol. The SMILES string of the molecule is Cc1nc2ccccc2n1CCNC(=O)c1ccc(-c2cccc(C(F)(F)F)c2)o1. The van der Waals surface area contributed by atoms with Crippen LogP contribution >= 0.6 is 0 Å². The standard InChI is InChI=1S/C22H18F3N3O2/c1-14-27-17-7-2-3-8-18(17)28(14)12-11-26-21(29)20-10-9-19(30-20)15-5-4-6-16(13-15)22(23,24)25/h2-10,13H,11-12H2,1H3,(H,26,29). The van der Waals surface area contributed by atoms with E-state index in [0.717, 1.165) is 29.0 Å². The first-order valence-corrected chi connectivity index (χ1v) is 9.30. The molecule has 2 aromatic carbocycles. The Labute approximate surface area is 170 Å². The Balaban J connectivity index is 1.43. The van der Waals surface area contributed by atoms with Crippen LogP contribution in [-0.4, -0.2) is 22.0 Å². The van der Waals surface area contributed by atoms with Gasteiger partial charge in [-0.25, -0.2) is 4.98 Å². The molecule has 1 N–H and O–H groups in total. The summed E-state index contributed by atoms with van der Waals surface area (Å²) in [6.07, 6.45) is -4.45. The number of para-hydroxylation sites is 2. The molecule has 4 aromatic rings. The number of nitrogens with zero attached hydrogens (tertiary/aromatic N) is 2. The van der Waals surface area contributed by atoms with E-state index in [1.54, 1.807) is 0 Å². The van der Waals surface area contributed by atoms with Gasteiger partial charge in [-0.3, -0.25) is 4.79 Å². The monoisotopic (exact) mass is 413 g/mol. The lowest BCUT2D eigenvalue weighted by Gasteiger charge is -2.08. The molecular weight excluding hydrogens is 395 g/mol. The highest BCUT2D eigenvalue weighted by atomic mass is 19.4. The number of carbonyl (C=O) groups excluding carboxylic acids is 1. The summed E-state index contributed by atoms with van der Waals surface area (Å²) in [7, 11) is 0. The summed E-state index contributed by atoms with van der Waals surface area (Å²) in [4.78, 5) is 16.9. The van der Waals surface area contributed by atoms with Crippen molar-refractivity contribution in [3.05, 3.63) is 77.8 Å². The van der Waals surface area contributed by atoms with Crippen LogP contribution in [0.3, 0.4) is 0 Å². The molecule has 30 heavy (non-hydrogen) atoms. The molecular formula is C22H18F3N3O2. The maximum absolute atomic E-state index is 12.9. The molecule has 0 radical (unpaired) electrons. The van der Waals surface area contributed by atoms with Crippen molar-refractivity contribution in [1.29, 1.82) is 0 Å². The van der Waals surface area contributed by atoms with E-state index in [1.807, 2.05) is 35.8 Å². The third-order valence-corrected chi connectivity index (χ3v) is 4.77. The molecule has 0 saturated carbocycles. The molecule has 8 heteroatoms. The van der Waals surface area contributed by atoms with E-state index in [-0.39, 0.29) is 17.1 Å². The molecule has 0 spiro atoms. The van der Waals surface area contributed by atoms with Crippen molar-refractivity contribution in [2.24, 2.45) is 0 Å². The van der Waals surface area contributed by atoms with Gasteiger partial charge in [-0.2, -0.15) is 13.2 Å². The molecule has 2 aromatic heterocycles. The molecule has 0 saturated heterocycles. The molecule has 0 aliphatic carbocycles. The Morgan fingerprint density at radius 1 is 1.10 bits per heavy atom. The second-order valence-corrected chi connectivity index (χ2v) is 6.80. The van der Waals surface area contributed by atoms with Gasteiger partial charge >= 0.3 is 6.18 Å². The Hall–Kier alpha value is -3.55. The molecule has 0 aliphatic heterocycles. The molecule has 0 unspecified atom stereocenters. The van der Waals surface area contributed by atoms with Gasteiger partial charge < -0.3 is 14.3 Å². The van der Waals surface area contributed by atoms with Gasteiger partial charge in [0.25, 0.3) is 5.91 Å². The van der Waals surface area contributed by atoms with E-state index in [0.29, 0.717) is 13.1 Å². The number of benzene rings is 2. The number of imidazole rings is 1. The van der Waals surface area contributed by atoms with Gasteiger partial charge in [0.1, 0.15) is 11.6 Å². The summed E-state index contributed by atoms with van der Waals surface area (Å²) in [5.41, 5.74) is 1.35. The second kappa shape index (κ2) is 7.70. The van der Waals surface area contributed by atoms with Crippen LogP contribution in [0.15, 0.2) is 65.1 Å². The number of rotatable bonds is 5. The largest absolute Gasteiger partial charge is 0.451 e. The fourth-order valence-corrected chi connectivity index (χ4v) is 3.31. The average molecular weight is 413 g/mol. The Morgan fingerprint density at radius 3 is 2.70 bits per heavy atom. The molecule has 0 aliphatic rings. The number of hydrogen-bond donors (Lipinski definition) is 1. The van der Waals surface area contributed by atoms with Crippen LogP contribution in [0, 0.1) is 6.92 Å². The van der Waals surface area contributed by atoms with Gasteiger partial charge in [0.05, 0.1) is 16.6 Å². The zero-order valence-corrected chi connectivity index (χ0v) is 16.0. The number of furan rings is 1. The van der Waals surface area contributed by atoms with Crippen molar-refractivity contribution in [3.8, 4) is 11.3 Å². The maximum atomic E-state index is 12.9. The highest BCUT2D eigenvalue weighted by Crippen LogP contribution is 2.32. The number of alkyl halides is 3. The summed E-state index contributed by atoms with van der Waals surface area (Å²) in [5, 5.41) is 2.77. The smallest absolute Gasteiger partial charge is 0.416 e. The third-order valence-electron chi connectivity index (χ3n) is 4.77. The van der Waals surface area contributed by atoms with Crippen LogP contribution in [0.2, 0.25) is 0 Å². The average Bonchev–Trinajstić information content (AvgIpc) is 3.33. The van der Waals surface area contributed by atoms with Crippen molar-refractivity contribution in [3.63, 3.8) is 0 Å². The fourth-order valence-electron chi connectivity index (χ4n) is 3.31. The molecule has 5 nitrogen and oxygen atoms in total. The van der Waals surface area contributed by atoms with E-state index in [2.05, 4.69) is 10.3 Å². The lowest BCUT2D eigenvalue weighted by atomic mass is 10.1. The fraction of sp³-hybridized carbons (Fsp3) is 0.182. The lowest BCUT2D eigenvalue weighted by molar-refractivity contribution is -0.137. The molecule has 0 fully saturated rings. The van der Waals surface area contributed by atoms with Gasteiger partial charge in [-0.1, -0.05) is 24.3 Å². The first kappa shape index (κ1) is 19.8. The van der Waals surface area contributed by atoms with Crippen molar-refractivity contribution in [2.45, 2.75) is 19.6 Å². The third kappa shape index (κ3) is 3.94. The van der Waals surface area contributed by atoms with Crippen molar-refractivity contribution in [1.82, 2.24) is 14.9 Å². The van der Waals surface area contributed by atoms with Crippen LogP contribution in [0.4, 0.5) is 13.2 Å². The predicted octanol–water partition coefficient (Wildman–Crippen LogP) is 5.05. The van der Waals surface area contributed by atoms with Gasteiger partial charge in [-0.15, -0.1) is 0 Å². The molecule has 0 atom stereocenters. The summed E-state index contributed by atoms with van der Waals surface area (Å²) < 4.78 is 46.2. The number of hydrogen-bond acceptors (Lipinski definition) is 3. The summed E-state index contributed by atoms with van der Waals surface area (Å²) in [6.45, 7) is 2.77. The number of amides is 1. The van der Waals surface area contributed by atoms with Crippen LogP contribution in [-0.2, 0) is 12.7 Å². The van der Waals surface area contributed by atoms with Gasteiger partial charge in [-0.05, 0) is 43.3 Å². The minimum Gasteiger partial charge on any atom is -0.451 e. The minimum absolute atomic E-state index is 0.0367. The highest BCUT2D eigenvalue weighted by molar-refractivity contribution is 5.92. The zero-order valence-electron chi connectivity index (χ0n) is 16.0. The van der Waals surface area contributed by atoms with Crippen LogP contribution < -0.4 is 5.32 Å². The highest BCUT2D eigenvalue weighted by Gasteiger charge is 2.30. The number of carbonyl (C=O) groups is 1. The minimum atomic E-state index is -4.45. The quantitative estimate of drug-likeness (QED) is 0.498. The molecule has 154 valence electrons. The number of halogens is 3. The van der Waals surface area contributed by atoms with E-state index in [1.165, 1.54) is 24.3 Å².